The fourth-order valence-electron chi connectivity index (χ4n) is 0.981. The third kappa shape index (κ3) is 2.10. The van der Waals surface area contributed by atoms with Crippen LogP contribution >= 0.6 is 15.9 Å². The van der Waals surface area contributed by atoms with E-state index in [1.54, 1.807) is 18.3 Å². The molecule has 0 N–H and O–H groups in total. The van der Waals surface area contributed by atoms with E-state index >= 15 is 0 Å². The monoisotopic (exact) mass is 257 g/mol. The Morgan fingerprint density at radius 3 is 2.86 bits per heavy atom. The van der Waals surface area contributed by atoms with Crippen LogP contribution in [0.1, 0.15) is 0 Å². The number of nitrogens with zero attached hydrogens (tertiary/aromatic N) is 1. The Kier molecular flexibility index (Phi) is 2.79. The Morgan fingerprint density at radius 1 is 1.57 bits per heavy atom. The van der Waals surface area contributed by atoms with Gasteiger partial charge in [0.15, 0.2) is 0 Å². The van der Waals surface area contributed by atoms with Gasteiger partial charge in [0.25, 0.3) is 0 Å². The summed E-state index contributed by atoms with van der Waals surface area (Å²) in [7, 11) is 0. The Labute approximate surface area is 89.4 Å². The van der Waals surface area contributed by atoms with Crippen LogP contribution in [0.15, 0.2) is 22.8 Å². The molecule has 0 aromatic carbocycles. The highest BCUT2D eigenvalue weighted by molar-refractivity contribution is 9.10. The fourth-order valence-corrected chi connectivity index (χ4v) is 1.22. The largest absolute Gasteiger partial charge is 0.407 e. The maximum atomic E-state index is 11.3. The number of carbonyl (C=O) groups is 1. The zero-order chi connectivity index (χ0) is 9.97. The molecule has 0 atom stereocenters. The predicted octanol–water partition coefficient (Wildman–Crippen LogP) is 1.40. The van der Waals surface area contributed by atoms with Gasteiger partial charge >= 0.3 is 5.97 Å². The molecule has 1 saturated heterocycles. The van der Waals surface area contributed by atoms with Crippen molar-refractivity contribution in [1.29, 1.82) is 0 Å². The van der Waals surface area contributed by atoms with Crippen LogP contribution in [0.2, 0.25) is 0 Å². The van der Waals surface area contributed by atoms with Gasteiger partial charge in [-0.25, -0.2) is 4.98 Å². The molecule has 5 heteroatoms. The van der Waals surface area contributed by atoms with Crippen molar-refractivity contribution in [3.63, 3.8) is 0 Å². The van der Waals surface area contributed by atoms with Gasteiger partial charge in [0.2, 0.25) is 5.88 Å². The molecule has 1 aliphatic heterocycles. The summed E-state index contributed by atoms with van der Waals surface area (Å²) < 4.78 is 10.8. The lowest BCUT2D eigenvalue weighted by molar-refractivity contribution is -0.153. The molecule has 1 fully saturated rings. The molecule has 0 saturated carbocycles. The van der Waals surface area contributed by atoms with Crippen LogP contribution in [0.3, 0.4) is 0 Å². The second-order valence-corrected chi connectivity index (χ2v) is 3.89. The first-order valence-electron chi connectivity index (χ1n) is 4.17. The summed E-state index contributed by atoms with van der Waals surface area (Å²) in [6.07, 6.45) is 1.58. The fraction of sp³-hybridized carbons (Fsp3) is 0.333. The number of esters is 1. The van der Waals surface area contributed by atoms with Gasteiger partial charge in [0.1, 0.15) is 5.92 Å². The van der Waals surface area contributed by atoms with Gasteiger partial charge in [-0.05, 0) is 22.0 Å². The van der Waals surface area contributed by atoms with Crippen molar-refractivity contribution in [2.45, 2.75) is 0 Å². The molecule has 0 radical (unpaired) electrons. The van der Waals surface area contributed by atoms with Gasteiger partial charge in [-0.15, -0.1) is 0 Å². The van der Waals surface area contributed by atoms with Crippen LogP contribution in [0, 0.1) is 5.92 Å². The maximum Gasteiger partial charge on any atom is 0.320 e. The number of hydrogen-bond donors (Lipinski definition) is 0. The van der Waals surface area contributed by atoms with Gasteiger partial charge in [0.05, 0.1) is 13.2 Å². The van der Waals surface area contributed by atoms with Gasteiger partial charge < -0.3 is 9.47 Å². The molecule has 0 unspecified atom stereocenters. The minimum atomic E-state index is -0.272. The Bertz CT molecular complexity index is 334. The van der Waals surface area contributed by atoms with E-state index in [9.17, 15) is 4.79 Å². The van der Waals surface area contributed by atoms with E-state index < -0.39 is 0 Å². The van der Waals surface area contributed by atoms with E-state index in [-0.39, 0.29) is 11.9 Å². The van der Waals surface area contributed by atoms with Gasteiger partial charge in [0, 0.05) is 16.7 Å². The molecule has 1 aliphatic rings. The van der Waals surface area contributed by atoms with Crippen LogP contribution in [0.4, 0.5) is 0 Å². The number of ether oxygens (including phenoxy) is 2. The smallest absolute Gasteiger partial charge is 0.320 e. The van der Waals surface area contributed by atoms with Gasteiger partial charge in [-0.1, -0.05) is 0 Å². The van der Waals surface area contributed by atoms with E-state index in [0.29, 0.717) is 19.1 Å². The Hall–Kier alpha value is -0.940. The molecule has 4 nitrogen and oxygen atoms in total. The first-order chi connectivity index (χ1) is 6.75. The lowest BCUT2D eigenvalue weighted by Crippen LogP contribution is -2.37. The van der Waals surface area contributed by atoms with Crippen LogP contribution in [-0.4, -0.2) is 24.2 Å². The molecule has 2 rings (SSSR count). The highest BCUT2D eigenvalue weighted by Crippen LogP contribution is 2.16. The standard InChI is InChI=1S/C9H8BrNO3/c10-7-1-2-8(11-3-7)14-9(12)6-4-13-5-6/h1-3,6H,4-5H2. The third-order valence-corrected chi connectivity index (χ3v) is 2.35. The number of rotatable bonds is 2. The summed E-state index contributed by atoms with van der Waals surface area (Å²) >= 11 is 3.24. The molecule has 1 aromatic rings. The van der Waals surface area contributed by atoms with Crippen molar-refractivity contribution in [2.24, 2.45) is 5.92 Å². The number of hydrogen-bond acceptors (Lipinski definition) is 4. The lowest BCUT2D eigenvalue weighted by atomic mass is 10.1. The molecule has 0 spiro atoms. The summed E-state index contributed by atoms with van der Waals surface area (Å²) in [5, 5.41) is 0. The molecular weight excluding hydrogens is 250 g/mol. The van der Waals surface area contributed by atoms with Crippen LogP contribution < -0.4 is 4.74 Å². The second-order valence-electron chi connectivity index (χ2n) is 2.97. The Balaban J connectivity index is 1.96. The first-order valence-corrected chi connectivity index (χ1v) is 4.96. The summed E-state index contributed by atoms with van der Waals surface area (Å²) in [6.45, 7) is 0.907. The van der Waals surface area contributed by atoms with E-state index in [1.807, 2.05) is 0 Å². The van der Waals surface area contributed by atoms with Crippen molar-refractivity contribution in [2.75, 3.05) is 13.2 Å². The van der Waals surface area contributed by atoms with Gasteiger partial charge in [-0.3, -0.25) is 4.79 Å². The van der Waals surface area contributed by atoms with Crippen molar-refractivity contribution in [3.05, 3.63) is 22.8 Å². The summed E-state index contributed by atoms with van der Waals surface area (Å²) in [5.41, 5.74) is 0. The highest BCUT2D eigenvalue weighted by Gasteiger charge is 2.28. The number of pyridine rings is 1. The SMILES string of the molecule is O=C(Oc1ccc(Br)cn1)C1COC1. The predicted molar refractivity (Wildman–Crippen MR) is 51.9 cm³/mol. The van der Waals surface area contributed by atoms with Crippen molar-refractivity contribution in [1.82, 2.24) is 4.98 Å². The molecule has 0 aliphatic carbocycles. The van der Waals surface area contributed by atoms with Crippen molar-refractivity contribution < 1.29 is 14.3 Å². The molecule has 1 aromatic heterocycles. The topological polar surface area (TPSA) is 48.4 Å². The number of halogens is 1. The molecule has 0 amide bonds. The normalized spacial score (nSPS) is 16.1. The van der Waals surface area contributed by atoms with E-state index in [4.69, 9.17) is 9.47 Å². The minimum Gasteiger partial charge on any atom is -0.407 e. The third-order valence-electron chi connectivity index (χ3n) is 1.88. The van der Waals surface area contributed by atoms with Gasteiger partial charge in [-0.2, -0.15) is 0 Å². The Morgan fingerprint density at radius 2 is 2.36 bits per heavy atom. The zero-order valence-corrected chi connectivity index (χ0v) is 8.86. The summed E-state index contributed by atoms with van der Waals surface area (Å²) in [5.74, 6) is -0.0726. The van der Waals surface area contributed by atoms with E-state index in [0.717, 1.165) is 4.47 Å². The number of aromatic nitrogens is 1. The van der Waals surface area contributed by atoms with E-state index in [1.165, 1.54) is 0 Å². The molecular formula is C9H8BrNO3. The first kappa shape index (κ1) is 9.61. The summed E-state index contributed by atoms with van der Waals surface area (Å²) in [4.78, 5) is 15.3. The minimum absolute atomic E-state index is 0.125. The molecule has 74 valence electrons. The van der Waals surface area contributed by atoms with Crippen LogP contribution in [0.5, 0.6) is 5.88 Å². The van der Waals surface area contributed by atoms with Crippen LogP contribution in [-0.2, 0) is 9.53 Å². The van der Waals surface area contributed by atoms with Crippen molar-refractivity contribution >= 4 is 21.9 Å². The highest BCUT2D eigenvalue weighted by atomic mass is 79.9. The average molecular weight is 258 g/mol. The second kappa shape index (κ2) is 4.06. The van der Waals surface area contributed by atoms with Crippen molar-refractivity contribution in [3.8, 4) is 5.88 Å². The quantitative estimate of drug-likeness (QED) is 0.752. The summed E-state index contributed by atoms with van der Waals surface area (Å²) in [6, 6.07) is 3.41. The number of carbonyl (C=O) groups excluding carboxylic acids is 1. The van der Waals surface area contributed by atoms with Crippen LogP contribution in [0.25, 0.3) is 0 Å². The van der Waals surface area contributed by atoms with E-state index in [2.05, 4.69) is 20.9 Å². The maximum absolute atomic E-state index is 11.3. The molecule has 14 heavy (non-hydrogen) atoms. The lowest BCUT2D eigenvalue weighted by Gasteiger charge is -2.23. The zero-order valence-electron chi connectivity index (χ0n) is 7.27. The average Bonchev–Trinajstić information content (AvgIpc) is 2.06. The molecule has 2 heterocycles. The molecule has 0 bridgehead atoms.